The van der Waals surface area contributed by atoms with E-state index in [2.05, 4.69) is 20.2 Å². The van der Waals surface area contributed by atoms with Crippen molar-refractivity contribution in [2.24, 2.45) is 0 Å². The van der Waals surface area contributed by atoms with Gasteiger partial charge in [0.25, 0.3) is 10.0 Å². The second-order valence-electron chi connectivity index (χ2n) is 3.13. The zero-order valence-corrected chi connectivity index (χ0v) is 11.3. The van der Waals surface area contributed by atoms with Crippen molar-refractivity contribution in [3.05, 3.63) is 21.8 Å². The van der Waals surface area contributed by atoms with Gasteiger partial charge in [-0.2, -0.15) is 0 Å². The highest BCUT2D eigenvalue weighted by atomic mass is 32.2. The molecule has 2 aromatic heterocycles. The van der Waals surface area contributed by atoms with Crippen LogP contribution < -0.4 is 10.0 Å². The number of hydrogen-bond donors (Lipinski definition) is 2. The molecule has 2 heterocycles. The number of nitrogens with one attached hydrogen (secondary N) is 2. The molecular weight excluding hydrogens is 280 g/mol. The maximum Gasteiger partial charge on any atom is 0.264 e. The Bertz CT molecular complexity index is 576. The summed E-state index contributed by atoms with van der Waals surface area (Å²) in [7, 11) is -1.73. The third kappa shape index (κ3) is 3.00. The smallest absolute Gasteiger partial charge is 0.264 e. The van der Waals surface area contributed by atoms with Crippen molar-refractivity contribution in [1.82, 2.24) is 15.5 Å². The largest absolute Gasteiger partial charge is 0.315 e. The summed E-state index contributed by atoms with van der Waals surface area (Å²) in [6, 6.07) is 1.64. The van der Waals surface area contributed by atoms with Gasteiger partial charge in [-0.1, -0.05) is 11.3 Å². The molecule has 9 heteroatoms. The van der Waals surface area contributed by atoms with Gasteiger partial charge >= 0.3 is 0 Å². The van der Waals surface area contributed by atoms with Gasteiger partial charge < -0.3 is 5.32 Å². The molecule has 92 valence electrons. The van der Waals surface area contributed by atoms with Crippen LogP contribution in [0.15, 0.2) is 21.9 Å². The second-order valence-corrected chi connectivity index (χ2v) is 6.64. The Hall–Kier alpha value is -1.03. The fraction of sp³-hybridized carbons (Fsp3) is 0.250. The molecule has 0 saturated carbocycles. The van der Waals surface area contributed by atoms with E-state index in [1.54, 1.807) is 11.4 Å². The van der Waals surface area contributed by atoms with E-state index in [4.69, 9.17) is 0 Å². The van der Waals surface area contributed by atoms with E-state index < -0.39 is 10.0 Å². The van der Waals surface area contributed by atoms with Gasteiger partial charge in [0.15, 0.2) is 0 Å². The lowest BCUT2D eigenvalue weighted by Crippen LogP contribution is -2.12. The van der Waals surface area contributed by atoms with Crippen molar-refractivity contribution in [1.29, 1.82) is 0 Å². The highest BCUT2D eigenvalue weighted by molar-refractivity contribution is 7.93. The van der Waals surface area contributed by atoms with Crippen LogP contribution in [0.1, 0.15) is 4.88 Å². The standard InChI is InChI=1S/C8H10N4O2S3/c1-9-3-6-2-7(4-15-6)17(13,14)12-8-11-10-5-16-8/h2,4-5,9H,3H2,1H3,(H,11,12). The molecule has 0 aromatic carbocycles. The molecule has 0 atom stereocenters. The van der Waals surface area contributed by atoms with Gasteiger partial charge in [0.05, 0.1) is 4.90 Å². The Labute approximate surface area is 107 Å². The summed E-state index contributed by atoms with van der Waals surface area (Å²) < 4.78 is 26.2. The Morgan fingerprint density at radius 2 is 2.24 bits per heavy atom. The van der Waals surface area contributed by atoms with Gasteiger partial charge in [-0.3, -0.25) is 4.72 Å². The number of nitrogens with zero attached hydrogens (tertiary/aromatic N) is 2. The lowest BCUT2D eigenvalue weighted by atomic mass is 10.5. The minimum absolute atomic E-state index is 0.253. The van der Waals surface area contributed by atoms with Gasteiger partial charge in [0, 0.05) is 16.8 Å². The topological polar surface area (TPSA) is 84.0 Å². The third-order valence-corrected chi connectivity index (χ3v) is 5.01. The van der Waals surface area contributed by atoms with Crippen molar-refractivity contribution >= 4 is 37.8 Å². The van der Waals surface area contributed by atoms with Crippen LogP contribution in [0.25, 0.3) is 0 Å². The van der Waals surface area contributed by atoms with Crippen molar-refractivity contribution in [2.75, 3.05) is 11.8 Å². The Kier molecular flexibility index (Phi) is 3.72. The highest BCUT2D eigenvalue weighted by Gasteiger charge is 2.17. The molecule has 6 nitrogen and oxygen atoms in total. The second kappa shape index (κ2) is 5.08. The van der Waals surface area contributed by atoms with Gasteiger partial charge in [0.2, 0.25) is 5.13 Å². The first kappa shape index (κ1) is 12.4. The molecule has 0 aliphatic rings. The zero-order valence-electron chi connectivity index (χ0n) is 8.87. The summed E-state index contributed by atoms with van der Waals surface area (Å²) in [5.41, 5.74) is 1.47. The quantitative estimate of drug-likeness (QED) is 0.862. The van der Waals surface area contributed by atoms with Crippen LogP contribution >= 0.6 is 22.7 Å². The van der Waals surface area contributed by atoms with Crippen molar-refractivity contribution in [2.45, 2.75) is 11.4 Å². The number of aromatic nitrogens is 2. The molecule has 0 bridgehead atoms. The van der Waals surface area contributed by atoms with E-state index in [0.717, 1.165) is 16.2 Å². The number of hydrogen-bond acceptors (Lipinski definition) is 7. The van der Waals surface area contributed by atoms with Crippen LogP contribution in [0, 0.1) is 0 Å². The van der Waals surface area contributed by atoms with Gasteiger partial charge in [-0.05, 0) is 13.1 Å². The molecular formula is C8H10N4O2S3. The number of rotatable bonds is 5. The molecule has 2 N–H and O–H groups in total. The Balaban J connectivity index is 2.19. The van der Waals surface area contributed by atoms with E-state index in [1.165, 1.54) is 16.8 Å². The molecule has 0 aliphatic heterocycles. The lowest BCUT2D eigenvalue weighted by Gasteiger charge is -2.01. The maximum absolute atomic E-state index is 11.9. The fourth-order valence-corrected chi connectivity index (χ4v) is 4.14. The van der Waals surface area contributed by atoms with Gasteiger partial charge in [-0.25, -0.2) is 8.42 Å². The lowest BCUT2D eigenvalue weighted by molar-refractivity contribution is 0.601. The van der Waals surface area contributed by atoms with Crippen LogP contribution in [0.2, 0.25) is 0 Å². The summed E-state index contributed by atoms with van der Waals surface area (Å²) in [6.45, 7) is 0.652. The van der Waals surface area contributed by atoms with E-state index in [-0.39, 0.29) is 10.0 Å². The first-order valence-corrected chi connectivity index (χ1v) is 7.87. The Morgan fingerprint density at radius 3 is 2.88 bits per heavy atom. The van der Waals surface area contributed by atoms with Crippen LogP contribution in [-0.4, -0.2) is 25.7 Å². The molecule has 0 fully saturated rings. The first-order chi connectivity index (χ1) is 8.12. The van der Waals surface area contributed by atoms with Crippen molar-refractivity contribution in [3.8, 4) is 0 Å². The summed E-state index contributed by atoms with van der Waals surface area (Å²) in [6.07, 6.45) is 0. The molecule has 0 aliphatic carbocycles. The van der Waals surface area contributed by atoms with Crippen LogP contribution in [-0.2, 0) is 16.6 Å². The Morgan fingerprint density at radius 1 is 1.41 bits per heavy atom. The molecule has 0 unspecified atom stereocenters. The van der Waals surface area contributed by atoms with Crippen LogP contribution in [0.3, 0.4) is 0 Å². The highest BCUT2D eigenvalue weighted by Crippen LogP contribution is 2.22. The predicted molar refractivity (Wildman–Crippen MR) is 67.8 cm³/mol. The van der Waals surface area contributed by atoms with Crippen LogP contribution in [0.4, 0.5) is 5.13 Å². The SMILES string of the molecule is CNCc1cc(S(=O)(=O)Nc2nncs2)cs1. The summed E-state index contributed by atoms with van der Waals surface area (Å²) in [5.74, 6) is 0. The molecule has 17 heavy (non-hydrogen) atoms. The van der Waals surface area contributed by atoms with Crippen molar-refractivity contribution < 1.29 is 8.42 Å². The monoisotopic (exact) mass is 290 g/mol. The minimum Gasteiger partial charge on any atom is -0.315 e. The summed E-state index contributed by atoms with van der Waals surface area (Å²) in [4.78, 5) is 1.22. The summed E-state index contributed by atoms with van der Waals surface area (Å²) >= 11 is 2.54. The van der Waals surface area contributed by atoms with E-state index in [1.807, 2.05) is 7.05 Å². The van der Waals surface area contributed by atoms with E-state index >= 15 is 0 Å². The molecule has 2 rings (SSSR count). The molecule has 0 amide bonds. The molecule has 0 spiro atoms. The number of thiophene rings is 1. The minimum atomic E-state index is -3.54. The molecule has 0 saturated heterocycles. The van der Waals surface area contributed by atoms with Crippen LogP contribution in [0.5, 0.6) is 0 Å². The van der Waals surface area contributed by atoms with Crippen molar-refractivity contribution in [3.63, 3.8) is 0 Å². The average Bonchev–Trinajstić information content (AvgIpc) is 2.88. The average molecular weight is 290 g/mol. The number of anilines is 1. The zero-order chi connectivity index (χ0) is 12.3. The van der Waals surface area contributed by atoms with E-state index in [0.29, 0.717) is 6.54 Å². The predicted octanol–water partition coefficient (Wildman–Crippen LogP) is 1.12. The number of sulfonamides is 1. The molecule has 2 aromatic rings. The van der Waals surface area contributed by atoms with Gasteiger partial charge in [0.1, 0.15) is 5.51 Å². The first-order valence-electron chi connectivity index (χ1n) is 4.63. The van der Waals surface area contributed by atoms with Gasteiger partial charge in [-0.15, -0.1) is 21.5 Å². The maximum atomic E-state index is 11.9. The fourth-order valence-electron chi connectivity index (χ4n) is 1.16. The van der Waals surface area contributed by atoms with E-state index in [9.17, 15) is 8.42 Å². The third-order valence-electron chi connectivity index (χ3n) is 1.87. The normalized spacial score (nSPS) is 11.6. The molecule has 0 radical (unpaired) electrons. The summed E-state index contributed by atoms with van der Waals surface area (Å²) in [5, 5.41) is 12.1.